The van der Waals surface area contributed by atoms with Crippen molar-refractivity contribution in [3.8, 4) is 0 Å². The van der Waals surface area contributed by atoms with E-state index < -0.39 is 11.6 Å². The number of hydrogen-bond donors (Lipinski definition) is 2. The molecule has 0 aliphatic carbocycles. The average molecular weight is 408 g/mol. The summed E-state index contributed by atoms with van der Waals surface area (Å²) in [4.78, 5) is 14.1. The van der Waals surface area contributed by atoms with Crippen molar-refractivity contribution in [2.24, 2.45) is 0 Å². The molecule has 2 N–H and O–H groups in total. The summed E-state index contributed by atoms with van der Waals surface area (Å²) in [7, 11) is 0. The van der Waals surface area contributed by atoms with E-state index in [2.05, 4.69) is 17.4 Å². The van der Waals surface area contributed by atoms with E-state index in [0.29, 0.717) is 13.2 Å². The number of hydrogen-bond acceptors (Lipinski definition) is 3. The van der Waals surface area contributed by atoms with E-state index in [0.717, 1.165) is 30.9 Å². The number of amides is 1. The van der Waals surface area contributed by atoms with Gasteiger partial charge in [0.1, 0.15) is 30.8 Å². The van der Waals surface area contributed by atoms with Crippen LogP contribution in [0.4, 0.5) is 8.78 Å². The number of carbonyl (C=O) groups excluding carboxylic acids is 1. The Kier molecular flexibility index (Phi) is 7.42. The highest BCUT2D eigenvalue weighted by Gasteiger charge is 2.32. The standard InChI is InChI=1S/C21H24F2N2O2S/c1-15(24-20(26)14-28-19-8-7-17(22)13-18(19)23)21(16-5-3-2-4-6-16)25-9-11-27-12-10-25/h2-8,13,15,21H,9-12,14H2,1H3,(H,24,26)/p+1/t15-,21-/m0/s1. The fourth-order valence-corrected chi connectivity index (χ4v) is 4.33. The molecule has 0 radical (unpaired) electrons. The van der Waals surface area contributed by atoms with E-state index >= 15 is 0 Å². The van der Waals surface area contributed by atoms with Gasteiger partial charge in [-0.1, -0.05) is 30.3 Å². The lowest BCUT2D eigenvalue weighted by molar-refractivity contribution is -0.940. The molecule has 1 amide bonds. The largest absolute Gasteiger partial charge is 0.370 e. The van der Waals surface area contributed by atoms with Crippen LogP contribution in [0.2, 0.25) is 0 Å². The average Bonchev–Trinajstić information content (AvgIpc) is 2.69. The van der Waals surface area contributed by atoms with E-state index in [-0.39, 0.29) is 28.6 Å². The Hall–Kier alpha value is -1.96. The van der Waals surface area contributed by atoms with Gasteiger partial charge in [0.25, 0.3) is 0 Å². The lowest BCUT2D eigenvalue weighted by atomic mass is 9.98. The Balaban J connectivity index is 1.63. The topological polar surface area (TPSA) is 42.8 Å². The molecule has 0 aromatic heterocycles. The summed E-state index contributed by atoms with van der Waals surface area (Å²) in [5, 5.41) is 3.06. The minimum Gasteiger partial charge on any atom is -0.370 e. The van der Waals surface area contributed by atoms with Crippen LogP contribution in [-0.4, -0.2) is 44.0 Å². The molecule has 1 aliphatic heterocycles. The molecule has 3 rings (SSSR count). The van der Waals surface area contributed by atoms with Crippen molar-refractivity contribution in [2.45, 2.75) is 23.9 Å². The molecule has 7 heteroatoms. The molecule has 1 fully saturated rings. The van der Waals surface area contributed by atoms with Crippen molar-refractivity contribution in [1.29, 1.82) is 0 Å². The van der Waals surface area contributed by atoms with Crippen LogP contribution in [0, 0.1) is 11.6 Å². The van der Waals surface area contributed by atoms with E-state index in [4.69, 9.17) is 4.74 Å². The van der Waals surface area contributed by atoms with Crippen LogP contribution < -0.4 is 10.2 Å². The van der Waals surface area contributed by atoms with Crippen LogP contribution in [0.1, 0.15) is 18.5 Å². The first-order valence-electron chi connectivity index (χ1n) is 9.39. The molecule has 4 nitrogen and oxygen atoms in total. The smallest absolute Gasteiger partial charge is 0.230 e. The molecular formula is C21H25F2N2O2S+. The first-order valence-corrected chi connectivity index (χ1v) is 10.4. The number of carbonyl (C=O) groups is 1. The predicted molar refractivity (Wildman–Crippen MR) is 105 cm³/mol. The molecule has 2 atom stereocenters. The third kappa shape index (κ3) is 5.53. The quantitative estimate of drug-likeness (QED) is 0.692. The van der Waals surface area contributed by atoms with Gasteiger partial charge in [-0.2, -0.15) is 0 Å². The summed E-state index contributed by atoms with van der Waals surface area (Å²) in [5.41, 5.74) is 1.17. The molecule has 2 aromatic carbocycles. The van der Waals surface area contributed by atoms with Crippen LogP contribution in [0.5, 0.6) is 0 Å². The van der Waals surface area contributed by atoms with Crippen molar-refractivity contribution in [1.82, 2.24) is 5.32 Å². The zero-order valence-electron chi connectivity index (χ0n) is 15.8. The first kappa shape index (κ1) is 20.8. The Morgan fingerprint density at radius 3 is 2.57 bits per heavy atom. The van der Waals surface area contributed by atoms with Gasteiger partial charge in [-0.15, -0.1) is 11.8 Å². The molecule has 2 aromatic rings. The second-order valence-electron chi connectivity index (χ2n) is 6.88. The molecule has 1 saturated heterocycles. The van der Waals surface area contributed by atoms with Crippen LogP contribution >= 0.6 is 11.8 Å². The summed E-state index contributed by atoms with van der Waals surface area (Å²) in [6.07, 6.45) is 0. The second kappa shape index (κ2) is 10.0. The number of benzene rings is 2. The zero-order valence-corrected chi connectivity index (χ0v) is 16.6. The highest BCUT2D eigenvalue weighted by Crippen LogP contribution is 2.22. The fraction of sp³-hybridized carbons (Fsp3) is 0.381. The van der Waals surface area contributed by atoms with E-state index in [1.54, 1.807) is 0 Å². The van der Waals surface area contributed by atoms with E-state index in [1.807, 2.05) is 25.1 Å². The Bertz CT molecular complexity index is 785. The predicted octanol–water partition coefficient (Wildman–Crippen LogP) is 2.22. The summed E-state index contributed by atoms with van der Waals surface area (Å²) >= 11 is 1.07. The minimum atomic E-state index is -0.647. The number of rotatable bonds is 7. The maximum absolute atomic E-state index is 13.7. The van der Waals surface area contributed by atoms with Crippen LogP contribution in [0.25, 0.3) is 0 Å². The monoisotopic (exact) mass is 407 g/mol. The number of morpholine rings is 1. The van der Waals surface area contributed by atoms with Crippen LogP contribution in [0.15, 0.2) is 53.4 Å². The van der Waals surface area contributed by atoms with Gasteiger partial charge in [0.15, 0.2) is 0 Å². The molecular weight excluding hydrogens is 382 g/mol. The summed E-state index contributed by atoms with van der Waals surface area (Å²) < 4.78 is 32.2. The maximum atomic E-state index is 13.7. The van der Waals surface area contributed by atoms with Gasteiger partial charge in [0, 0.05) is 16.5 Å². The SMILES string of the molecule is C[C@H](NC(=O)CSc1ccc(F)cc1F)[C@@H](c1ccccc1)[NH+]1CCOCC1. The number of halogens is 2. The molecule has 0 unspecified atom stereocenters. The molecule has 28 heavy (non-hydrogen) atoms. The van der Waals surface area contributed by atoms with Gasteiger partial charge in [-0.25, -0.2) is 8.78 Å². The summed E-state index contributed by atoms with van der Waals surface area (Å²) in [6.45, 7) is 5.18. The van der Waals surface area contributed by atoms with Gasteiger partial charge in [0.05, 0.1) is 25.0 Å². The molecule has 1 heterocycles. The second-order valence-corrected chi connectivity index (χ2v) is 7.90. The van der Waals surface area contributed by atoms with Gasteiger partial charge in [-0.3, -0.25) is 4.79 Å². The highest BCUT2D eigenvalue weighted by atomic mass is 32.2. The summed E-state index contributed by atoms with van der Waals surface area (Å²) in [5.74, 6) is -1.37. The van der Waals surface area contributed by atoms with Crippen molar-refractivity contribution in [3.05, 3.63) is 65.7 Å². The Morgan fingerprint density at radius 1 is 1.18 bits per heavy atom. The van der Waals surface area contributed by atoms with Crippen molar-refractivity contribution in [3.63, 3.8) is 0 Å². The van der Waals surface area contributed by atoms with Crippen molar-refractivity contribution in [2.75, 3.05) is 32.1 Å². The lowest BCUT2D eigenvalue weighted by Gasteiger charge is -2.35. The number of nitrogens with one attached hydrogen (secondary N) is 2. The Morgan fingerprint density at radius 2 is 1.89 bits per heavy atom. The van der Waals surface area contributed by atoms with E-state index in [9.17, 15) is 13.6 Å². The lowest BCUT2D eigenvalue weighted by Crippen LogP contribution is -3.15. The molecule has 0 bridgehead atoms. The third-order valence-corrected chi connectivity index (χ3v) is 5.92. The molecule has 150 valence electrons. The fourth-order valence-electron chi connectivity index (χ4n) is 3.60. The molecule has 0 saturated carbocycles. The Labute approximate surface area is 168 Å². The minimum absolute atomic E-state index is 0.0762. The maximum Gasteiger partial charge on any atom is 0.230 e. The van der Waals surface area contributed by atoms with Gasteiger partial charge < -0.3 is 15.0 Å². The van der Waals surface area contributed by atoms with Crippen molar-refractivity contribution < 1.29 is 23.2 Å². The number of ether oxygens (including phenoxy) is 1. The number of thioether (sulfide) groups is 1. The van der Waals surface area contributed by atoms with Gasteiger partial charge >= 0.3 is 0 Å². The highest BCUT2D eigenvalue weighted by molar-refractivity contribution is 8.00. The molecule has 0 spiro atoms. The van der Waals surface area contributed by atoms with Crippen LogP contribution in [-0.2, 0) is 9.53 Å². The van der Waals surface area contributed by atoms with Gasteiger partial charge in [-0.05, 0) is 19.1 Å². The summed E-state index contributed by atoms with van der Waals surface area (Å²) in [6, 6.07) is 13.5. The van der Waals surface area contributed by atoms with Gasteiger partial charge in [0.2, 0.25) is 5.91 Å². The normalized spacial score (nSPS) is 17.1. The number of quaternary nitrogens is 1. The van der Waals surface area contributed by atoms with Crippen LogP contribution in [0.3, 0.4) is 0 Å². The molecule has 1 aliphatic rings. The van der Waals surface area contributed by atoms with Crippen molar-refractivity contribution >= 4 is 17.7 Å². The first-order chi connectivity index (χ1) is 13.5. The van der Waals surface area contributed by atoms with E-state index in [1.165, 1.54) is 22.6 Å². The third-order valence-electron chi connectivity index (χ3n) is 4.87. The zero-order chi connectivity index (χ0) is 19.9.